The number of hydrogen-bond donors (Lipinski definition) is 0. The lowest BCUT2D eigenvalue weighted by Gasteiger charge is -2.29. The van der Waals surface area contributed by atoms with Crippen LogP contribution in [-0.4, -0.2) is 31.6 Å². The van der Waals surface area contributed by atoms with Gasteiger partial charge in [-0.2, -0.15) is 0 Å². The van der Waals surface area contributed by atoms with Gasteiger partial charge in [-0.3, -0.25) is 9.69 Å². The number of methoxy groups -OCH3 is 2. The molecule has 0 amide bonds. The van der Waals surface area contributed by atoms with Crippen molar-refractivity contribution in [3.63, 3.8) is 0 Å². The molecular formula is C26H22BrNO5. The normalized spacial score (nSPS) is 16.1. The molecule has 0 atom stereocenters. The highest BCUT2D eigenvalue weighted by Crippen LogP contribution is 2.42. The summed E-state index contributed by atoms with van der Waals surface area (Å²) in [6.07, 6.45) is 1.72. The molecule has 0 saturated carbocycles. The maximum Gasteiger partial charge on any atom is 0.231 e. The lowest BCUT2D eigenvalue weighted by molar-refractivity contribution is 0.0872. The number of rotatable bonds is 5. The first kappa shape index (κ1) is 21.6. The highest BCUT2D eigenvalue weighted by atomic mass is 79.9. The Morgan fingerprint density at radius 1 is 1.06 bits per heavy atom. The number of Topliss-reactive ketones (excluding diaryl/α,β-unsaturated/α-hetero) is 1. The molecule has 0 unspecified atom stereocenters. The van der Waals surface area contributed by atoms with Crippen molar-refractivity contribution in [1.82, 2.24) is 4.90 Å². The Kier molecular flexibility index (Phi) is 5.83. The molecule has 0 N–H and O–H groups in total. The molecule has 2 aliphatic rings. The fraction of sp³-hybridized carbons (Fsp3) is 0.192. The summed E-state index contributed by atoms with van der Waals surface area (Å²) in [4.78, 5) is 15.3. The molecule has 2 heterocycles. The zero-order valence-electron chi connectivity index (χ0n) is 18.3. The van der Waals surface area contributed by atoms with Crippen LogP contribution in [0, 0.1) is 0 Å². The molecule has 2 aliphatic heterocycles. The second-order valence-corrected chi connectivity index (χ2v) is 8.77. The molecular weight excluding hydrogens is 486 g/mol. The molecule has 3 aromatic rings. The van der Waals surface area contributed by atoms with Crippen molar-refractivity contribution >= 4 is 27.8 Å². The Morgan fingerprint density at radius 2 is 1.88 bits per heavy atom. The molecule has 0 bridgehead atoms. The number of ketones is 1. The smallest absolute Gasteiger partial charge is 0.231 e. The molecule has 0 aliphatic carbocycles. The van der Waals surface area contributed by atoms with Crippen molar-refractivity contribution in [2.24, 2.45) is 0 Å². The number of fused-ring (bicyclic) bond motifs is 3. The maximum absolute atomic E-state index is 13.1. The molecule has 7 heteroatoms. The zero-order chi connectivity index (χ0) is 22.9. The molecule has 3 aromatic carbocycles. The molecule has 0 saturated heterocycles. The van der Waals surface area contributed by atoms with Crippen LogP contribution in [0.5, 0.6) is 23.0 Å². The SMILES string of the molecule is COc1ccc(CN2COc3ccc4c(c3C2)O/C(=C\c2cc(Br)ccc2OC)C4=O)cc1. The van der Waals surface area contributed by atoms with Gasteiger partial charge in [0.25, 0.3) is 0 Å². The first-order chi connectivity index (χ1) is 16.1. The van der Waals surface area contributed by atoms with Gasteiger partial charge in [0.15, 0.2) is 5.76 Å². The summed E-state index contributed by atoms with van der Waals surface area (Å²) >= 11 is 3.47. The van der Waals surface area contributed by atoms with Crippen molar-refractivity contribution in [3.05, 3.63) is 87.1 Å². The average Bonchev–Trinajstić information content (AvgIpc) is 3.15. The Balaban J connectivity index is 1.41. The van der Waals surface area contributed by atoms with Gasteiger partial charge in [-0.1, -0.05) is 28.1 Å². The van der Waals surface area contributed by atoms with Gasteiger partial charge in [-0.05, 0) is 54.1 Å². The number of halogens is 1. The van der Waals surface area contributed by atoms with Gasteiger partial charge in [0.2, 0.25) is 5.78 Å². The molecule has 6 nitrogen and oxygen atoms in total. The summed E-state index contributed by atoms with van der Waals surface area (Å²) in [7, 11) is 3.25. The van der Waals surface area contributed by atoms with E-state index in [-0.39, 0.29) is 11.5 Å². The van der Waals surface area contributed by atoms with Crippen LogP contribution in [0.2, 0.25) is 0 Å². The second kappa shape index (κ2) is 8.92. The van der Waals surface area contributed by atoms with Crippen LogP contribution >= 0.6 is 15.9 Å². The highest BCUT2D eigenvalue weighted by molar-refractivity contribution is 9.10. The number of benzene rings is 3. The van der Waals surface area contributed by atoms with E-state index >= 15 is 0 Å². The Labute approximate surface area is 200 Å². The van der Waals surface area contributed by atoms with Gasteiger partial charge >= 0.3 is 0 Å². The van der Waals surface area contributed by atoms with Gasteiger partial charge in [0, 0.05) is 23.1 Å². The van der Waals surface area contributed by atoms with Crippen molar-refractivity contribution in [2.75, 3.05) is 21.0 Å². The van der Waals surface area contributed by atoms with Gasteiger partial charge in [-0.25, -0.2) is 0 Å². The van der Waals surface area contributed by atoms with E-state index in [1.807, 2.05) is 48.5 Å². The quantitative estimate of drug-likeness (QED) is 0.429. The molecule has 5 rings (SSSR count). The Morgan fingerprint density at radius 3 is 2.64 bits per heavy atom. The molecule has 0 aromatic heterocycles. The summed E-state index contributed by atoms with van der Waals surface area (Å²) < 4.78 is 23.6. The summed E-state index contributed by atoms with van der Waals surface area (Å²) in [6.45, 7) is 1.79. The average molecular weight is 508 g/mol. The van der Waals surface area contributed by atoms with Crippen LogP contribution in [-0.2, 0) is 13.1 Å². The van der Waals surface area contributed by atoms with Crippen molar-refractivity contribution < 1.29 is 23.7 Å². The van der Waals surface area contributed by atoms with Gasteiger partial charge in [-0.15, -0.1) is 0 Å². The number of carbonyl (C=O) groups excluding carboxylic acids is 1. The van der Waals surface area contributed by atoms with Gasteiger partial charge in [0.05, 0.1) is 25.3 Å². The summed E-state index contributed by atoms with van der Waals surface area (Å²) in [6, 6.07) is 17.2. The number of ether oxygens (including phenoxy) is 4. The number of allylic oxidation sites excluding steroid dienone is 1. The van der Waals surface area contributed by atoms with Crippen LogP contribution in [0.3, 0.4) is 0 Å². The van der Waals surface area contributed by atoms with E-state index in [0.29, 0.717) is 36.9 Å². The molecule has 0 fully saturated rings. The topological polar surface area (TPSA) is 57.2 Å². The summed E-state index contributed by atoms with van der Waals surface area (Å²) in [5, 5.41) is 0. The van der Waals surface area contributed by atoms with E-state index in [1.165, 1.54) is 0 Å². The standard InChI is InChI=1S/C26H22BrNO5/c1-30-19-6-3-16(4-7-19)13-28-14-21-23(32-15-28)10-8-20-25(29)24(33-26(20)21)12-17-11-18(27)5-9-22(17)31-2/h3-12H,13-15H2,1-2H3/b24-12-. The number of hydrogen-bond acceptors (Lipinski definition) is 6. The maximum atomic E-state index is 13.1. The minimum absolute atomic E-state index is 0.151. The first-order valence-corrected chi connectivity index (χ1v) is 11.3. The van der Waals surface area contributed by atoms with Crippen molar-refractivity contribution in [2.45, 2.75) is 13.1 Å². The van der Waals surface area contributed by atoms with E-state index in [2.05, 4.69) is 20.8 Å². The van der Waals surface area contributed by atoms with Crippen LogP contribution in [0.25, 0.3) is 6.08 Å². The lowest BCUT2D eigenvalue weighted by Crippen LogP contribution is -2.31. The van der Waals surface area contributed by atoms with Gasteiger partial charge in [0.1, 0.15) is 29.7 Å². The second-order valence-electron chi connectivity index (χ2n) is 7.85. The van der Waals surface area contributed by atoms with E-state index in [0.717, 1.165) is 32.7 Å². The Bertz CT molecular complexity index is 1250. The van der Waals surface area contributed by atoms with Crippen LogP contribution in [0.15, 0.2) is 64.8 Å². The third-order valence-corrected chi connectivity index (χ3v) is 6.22. The fourth-order valence-electron chi connectivity index (χ4n) is 4.05. The van der Waals surface area contributed by atoms with E-state index in [4.69, 9.17) is 18.9 Å². The Hall–Kier alpha value is -3.29. The summed E-state index contributed by atoms with van der Waals surface area (Å²) in [5.41, 5.74) is 3.33. The van der Waals surface area contributed by atoms with Crippen LogP contribution in [0.1, 0.15) is 27.0 Å². The largest absolute Gasteiger partial charge is 0.497 e. The van der Waals surface area contributed by atoms with Crippen LogP contribution in [0.4, 0.5) is 0 Å². The lowest BCUT2D eigenvalue weighted by atomic mass is 10.0. The van der Waals surface area contributed by atoms with E-state index < -0.39 is 0 Å². The number of carbonyl (C=O) groups is 1. The van der Waals surface area contributed by atoms with E-state index in [1.54, 1.807) is 26.4 Å². The summed E-state index contributed by atoms with van der Waals surface area (Å²) in [5.74, 6) is 2.91. The fourth-order valence-corrected chi connectivity index (χ4v) is 4.43. The number of nitrogens with zero attached hydrogens (tertiary/aromatic N) is 1. The van der Waals surface area contributed by atoms with Gasteiger partial charge < -0.3 is 18.9 Å². The van der Waals surface area contributed by atoms with Crippen molar-refractivity contribution in [3.8, 4) is 23.0 Å². The molecule has 168 valence electrons. The highest BCUT2D eigenvalue weighted by Gasteiger charge is 2.33. The van der Waals surface area contributed by atoms with Crippen molar-refractivity contribution in [1.29, 1.82) is 0 Å². The molecule has 0 spiro atoms. The minimum atomic E-state index is -0.151. The van der Waals surface area contributed by atoms with Crippen LogP contribution < -0.4 is 18.9 Å². The molecule has 0 radical (unpaired) electrons. The predicted molar refractivity (Wildman–Crippen MR) is 128 cm³/mol. The third kappa shape index (κ3) is 4.21. The third-order valence-electron chi connectivity index (χ3n) is 5.73. The predicted octanol–water partition coefficient (Wildman–Crippen LogP) is 5.43. The first-order valence-electron chi connectivity index (χ1n) is 10.5. The minimum Gasteiger partial charge on any atom is -0.497 e. The van der Waals surface area contributed by atoms with E-state index in [9.17, 15) is 4.79 Å². The zero-order valence-corrected chi connectivity index (χ0v) is 19.8. The molecule has 33 heavy (non-hydrogen) atoms. The monoisotopic (exact) mass is 507 g/mol.